The lowest BCUT2D eigenvalue weighted by Crippen LogP contribution is -2.30. The van der Waals surface area contributed by atoms with Gasteiger partial charge in [-0.3, -0.25) is 5.32 Å². The highest BCUT2D eigenvalue weighted by Crippen LogP contribution is 2.20. The van der Waals surface area contributed by atoms with Gasteiger partial charge < -0.3 is 10.4 Å². The van der Waals surface area contributed by atoms with Crippen molar-refractivity contribution in [3.63, 3.8) is 0 Å². The smallest absolute Gasteiger partial charge is 0.355 e. The molecule has 2 heterocycles. The van der Waals surface area contributed by atoms with E-state index in [4.69, 9.17) is 5.11 Å². The van der Waals surface area contributed by atoms with E-state index in [1.165, 1.54) is 28.1 Å². The highest BCUT2D eigenvalue weighted by molar-refractivity contribution is 7.15. The Bertz CT molecular complexity index is 646. The number of aromatic carboxylic acids is 1. The second kappa shape index (κ2) is 6.64. The molecule has 2 rings (SSSR count). The van der Waals surface area contributed by atoms with Gasteiger partial charge in [-0.2, -0.15) is 0 Å². The van der Waals surface area contributed by atoms with Gasteiger partial charge in [0.25, 0.3) is 0 Å². The van der Waals surface area contributed by atoms with E-state index in [-0.39, 0.29) is 11.7 Å². The van der Waals surface area contributed by atoms with Crippen LogP contribution in [0.25, 0.3) is 0 Å². The van der Waals surface area contributed by atoms with Gasteiger partial charge in [-0.25, -0.2) is 19.6 Å². The monoisotopic (exact) mass is 326 g/mol. The molecule has 3 N–H and O–H groups in total. The molecule has 2 amide bonds. The Morgan fingerprint density at radius 3 is 2.67 bits per heavy atom. The maximum absolute atomic E-state index is 11.7. The molecule has 112 valence electrons. The van der Waals surface area contributed by atoms with Crippen molar-refractivity contribution in [2.45, 2.75) is 20.3 Å². The van der Waals surface area contributed by atoms with Crippen LogP contribution in [0.3, 0.4) is 0 Å². The molecule has 0 aliphatic carbocycles. The molecule has 2 aromatic heterocycles. The average molecular weight is 326 g/mol. The van der Waals surface area contributed by atoms with E-state index in [1.807, 2.05) is 13.8 Å². The van der Waals surface area contributed by atoms with Crippen LogP contribution >= 0.6 is 22.7 Å². The summed E-state index contributed by atoms with van der Waals surface area (Å²) in [5.41, 5.74) is 0.937. The minimum Gasteiger partial charge on any atom is -0.476 e. The first kappa shape index (κ1) is 15.4. The summed E-state index contributed by atoms with van der Waals surface area (Å²) in [6, 6.07) is -0.334. The molecule has 0 spiro atoms. The molecule has 0 aromatic carbocycles. The number of nitrogens with zero attached hydrogens (tertiary/aromatic N) is 2. The van der Waals surface area contributed by atoms with Crippen LogP contribution in [0.1, 0.15) is 26.1 Å². The van der Waals surface area contributed by atoms with Crippen LogP contribution in [0.15, 0.2) is 5.38 Å². The lowest BCUT2D eigenvalue weighted by molar-refractivity contribution is 0.0691. The quantitative estimate of drug-likeness (QED) is 0.782. The van der Waals surface area contributed by atoms with Crippen molar-refractivity contribution in [3.05, 3.63) is 26.7 Å². The minimum atomic E-state index is -1.04. The zero-order chi connectivity index (χ0) is 15.4. The van der Waals surface area contributed by atoms with Crippen LogP contribution in [-0.4, -0.2) is 33.6 Å². The van der Waals surface area contributed by atoms with Crippen molar-refractivity contribution < 1.29 is 14.7 Å². The Morgan fingerprint density at radius 2 is 2.10 bits per heavy atom. The van der Waals surface area contributed by atoms with E-state index in [1.54, 1.807) is 0 Å². The van der Waals surface area contributed by atoms with Crippen molar-refractivity contribution in [2.75, 3.05) is 11.9 Å². The van der Waals surface area contributed by atoms with Gasteiger partial charge in [0.2, 0.25) is 0 Å². The van der Waals surface area contributed by atoms with Crippen molar-refractivity contribution in [2.24, 2.45) is 0 Å². The van der Waals surface area contributed by atoms with Gasteiger partial charge in [0.15, 0.2) is 10.8 Å². The van der Waals surface area contributed by atoms with Crippen LogP contribution in [0.4, 0.5) is 9.93 Å². The number of urea groups is 1. The van der Waals surface area contributed by atoms with Crippen LogP contribution in [0.2, 0.25) is 0 Å². The molecule has 0 radical (unpaired) electrons. The lowest BCUT2D eigenvalue weighted by Gasteiger charge is -2.03. The van der Waals surface area contributed by atoms with E-state index in [0.717, 1.165) is 10.6 Å². The Morgan fingerprint density at radius 1 is 1.33 bits per heavy atom. The van der Waals surface area contributed by atoms with Gasteiger partial charge in [-0.05, 0) is 13.8 Å². The summed E-state index contributed by atoms with van der Waals surface area (Å²) in [6.45, 7) is 4.21. The number of anilines is 1. The Kier molecular flexibility index (Phi) is 4.86. The molecule has 7 nitrogen and oxygen atoms in total. The third-order valence-corrected chi connectivity index (χ3v) is 4.54. The molecular formula is C12H14N4O3S2. The summed E-state index contributed by atoms with van der Waals surface area (Å²) in [5, 5.41) is 16.8. The van der Waals surface area contributed by atoms with E-state index >= 15 is 0 Å². The van der Waals surface area contributed by atoms with Gasteiger partial charge in [0, 0.05) is 23.2 Å². The Hall–Kier alpha value is -2.00. The summed E-state index contributed by atoms with van der Waals surface area (Å²) in [5.74, 6) is -1.04. The lowest BCUT2D eigenvalue weighted by atomic mass is 10.4. The van der Waals surface area contributed by atoms with Crippen LogP contribution < -0.4 is 10.6 Å². The Balaban J connectivity index is 1.77. The molecule has 2 aromatic rings. The van der Waals surface area contributed by atoms with Gasteiger partial charge in [0.1, 0.15) is 0 Å². The van der Waals surface area contributed by atoms with Crippen LogP contribution in [-0.2, 0) is 6.42 Å². The standard InChI is InChI=1S/C12H14N4O3S2/c1-6-7(2)21-12(14-6)16-11(19)13-4-3-9-15-8(5-20-9)10(17)18/h5H,3-4H2,1-2H3,(H,17,18)(H2,13,14,16,19). The van der Waals surface area contributed by atoms with E-state index < -0.39 is 5.97 Å². The summed E-state index contributed by atoms with van der Waals surface area (Å²) in [4.78, 5) is 31.6. The molecule has 0 fully saturated rings. The first-order valence-corrected chi connectivity index (χ1v) is 7.82. The van der Waals surface area contributed by atoms with Crippen LogP contribution in [0.5, 0.6) is 0 Å². The van der Waals surface area contributed by atoms with E-state index in [9.17, 15) is 9.59 Å². The molecule has 0 saturated heterocycles. The number of nitrogens with one attached hydrogen (secondary N) is 2. The van der Waals surface area contributed by atoms with Crippen LogP contribution in [0, 0.1) is 13.8 Å². The number of carboxylic acid groups (broad SMARTS) is 1. The fourth-order valence-electron chi connectivity index (χ4n) is 1.47. The highest BCUT2D eigenvalue weighted by atomic mass is 32.1. The summed E-state index contributed by atoms with van der Waals surface area (Å²) < 4.78 is 0. The molecule has 0 aliphatic rings. The maximum atomic E-state index is 11.7. The number of aryl methyl sites for hydroxylation is 2. The van der Waals surface area contributed by atoms with Crippen molar-refractivity contribution in [1.29, 1.82) is 0 Å². The largest absolute Gasteiger partial charge is 0.476 e. The minimum absolute atomic E-state index is 0.0354. The number of carbonyl (C=O) groups is 2. The summed E-state index contributed by atoms with van der Waals surface area (Å²) >= 11 is 2.69. The highest BCUT2D eigenvalue weighted by Gasteiger charge is 2.10. The molecular weight excluding hydrogens is 312 g/mol. The Labute approximate surface area is 129 Å². The zero-order valence-corrected chi connectivity index (χ0v) is 13.1. The number of hydrogen-bond donors (Lipinski definition) is 3. The second-order valence-corrected chi connectivity index (χ2v) is 6.37. The molecule has 0 atom stereocenters. The molecule has 21 heavy (non-hydrogen) atoms. The molecule has 0 aliphatic heterocycles. The maximum Gasteiger partial charge on any atom is 0.355 e. The first-order valence-electron chi connectivity index (χ1n) is 6.12. The normalized spacial score (nSPS) is 10.4. The number of carboxylic acids is 1. The van der Waals surface area contributed by atoms with E-state index in [0.29, 0.717) is 23.1 Å². The fourth-order valence-corrected chi connectivity index (χ4v) is 3.06. The van der Waals surface area contributed by atoms with E-state index in [2.05, 4.69) is 20.6 Å². The third kappa shape index (κ3) is 4.23. The number of aromatic nitrogens is 2. The third-order valence-electron chi connectivity index (χ3n) is 2.64. The molecule has 9 heteroatoms. The fraction of sp³-hybridized carbons (Fsp3) is 0.333. The number of amides is 2. The zero-order valence-electron chi connectivity index (χ0n) is 11.5. The van der Waals surface area contributed by atoms with Gasteiger partial charge in [-0.15, -0.1) is 22.7 Å². The van der Waals surface area contributed by atoms with Crippen molar-refractivity contribution >= 4 is 39.8 Å². The first-order chi connectivity index (χ1) is 9.95. The molecule has 0 bridgehead atoms. The van der Waals surface area contributed by atoms with Crippen molar-refractivity contribution in [1.82, 2.24) is 15.3 Å². The predicted molar refractivity (Wildman–Crippen MR) is 81.4 cm³/mol. The SMILES string of the molecule is Cc1nc(NC(=O)NCCc2nc(C(=O)O)cs2)sc1C. The number of rotatable bonds is 5. The molecule has 0 unspecified atom stereocenters. The topological polar surface area (TPSA) is 104 Å². The van der Waals surface area contributed by atoms with Gasteiger partial charge >= 0.3 is 12.0 Å². The van der Waals surface area contributed by atoms with Crippen molar-refractivity contribution in [3.8, 4) is 0 Å². The van der Waals surface area contributed by atoms with Gasteiger partial charge in [0.05, 0.1) is 10.7 Å². The number of carbonyl (C=O) groups excluding carboxylic acids is 1. The molecule has 0 saturated carbocycles. The van der Waals surface area contributed by atoms with Gasteiger partial charge in [-0.1, -0.05) is 0 Å². The second-order valence-electron chi connectivity index (χ2n) is 4.22. The number of thiazole rings is 2. The summed E-state index contributed by atoms with van der Waals surface area (Å²) in [6.07, 6.45) is 0.487. The average Bonchev–Trinajstić information content (AvgIpc) is 2.98. The predicted octanol–water partition coefficient (Wildman–Crippen LogP) is 2.28. The number of hydrogen-bond acceptors (Lipinski definition) is 6. The summed E-state index contributed by atoms with van der Waals surface area (Å²) in [7, 11) is 0.